The smallest absolute Gasteiger partial charge is 0.0984 e. The molecule has 0 saturated heterocycles. The first-order chi connectivity index (χ1) is 9.24. The van der Waals surface area contributed by atoms with Crippen molar-refractivity contribution in [2.45, 2.75) is 63.1 Å². The quantitative estimate of drug-likeness (QED) is 0.811. The molecule has 4 heteroatoms. The van der Waals surface area contributed by atoms with Gasteiger partial charge in [-0.15, -0.1) is 11.8 Å². The highest BCUT2D eigenvalue weighted by Crippen LogP contribution is 2.33. The zero-order valence-electron chi connectivity index (χ0n) is 12.1. The van der Waals surface area contributed by atoms with Crippen LogP contribution in [0.5, 0.6) is 0 Å². The van der Waals surface area contributed by atoms with E-state index in [0.29, 0.717) is 0 Å². The Bertz CT molecular complexity index is 431. The topological polar surface area (TPSA) is 29.9 Å². The SMILES string of the molecule is Cc1nn(C)c(SCC2CCCC2)c1CNC1CC1. The first kappa shape index (κ1) is 13.5. The van der Waals surface area contributed by atoms with Gasteiger partial charge in [0.15, 0.2) is 0 Å². The predicted molar refractivity (Wildman–Crippen MR) is 80.5 cm³/mol. The van der Waals surface area contributed by atoms with Crippen LogP contribution in [-0.4, -0.2) is 21.6 Å². The summed E-state index contributed by atoms with van der Waals surface area (Å²) >= 11 is 2.02. The van der Waals surface area contributed by atoms with Crippen LogP contribution in [0.3, 0.4) is 0 Å². The van der Waals surface area contributed by atoms with E-state index in [9.17, 15) is 0 Å². The van der Waals surface area contributed by atoms with E-state index in [2.05, 4.69) is 29.1 Å². The Morgan fingerprint density at radius 3 is 2.68 bits per heavy atom. The van der Waals surface area contributed by atoms with Crippen LogP contribution in [-0.2, 0) is 13.6 Å². The second-order valence-electron chi connectivity index (χ2n) is 6.11. The zero-order valence-corrected chi connectivity index (χ0v) is 12.9. The lowest BCUT2D eigenvalue weighted by Crippen LogP contribution is -2.16. The highest BCUT2D eigenvalue weighted by Gasteiger charge is 2.23. The third-order valence-corrected chi connectivity index (χ3v) is 5.79. The Morgan fingerprint density at radius 1 is 1.26 bits per heavy atom. The standard InChI is InChI=1S/C15H25N3S/c1-11-14(9-16-13-7-8-13)15(18(2)17-11)19-10-12-5-3-4-6-12/h12-13,16H,3-10H2,1-2H3. The molecule has 1 N–H and O–H groups in total. The van der Waals surface area contributed by atoms with Gasteiger partial charge in [0, 0.05) is 31.0 Å². The van der Waals surface area contributed by atoms with E-state index in [1.54, 1.807) is 0 Å². The minimum absolute atomic E-state index is 0.771. The summed E-state index contributed by atoms with van der Waals surface area (Å²) in [4.78, 5) is 0. The van der Waals surface area contributed by atoms with E-state index < -0.39 is 0 Å². The van der Waals surface area contributed by atoms with Crippen LogP contribution in [0.1, 0.15) is 49.8 Å². The molecule has 3 rings (SSSR count). The van der Waals surface area contributed by atoms with E-state index in [-0.39, 0.29) is 0 Å². The van der Waals surface area contributed by atoms with E-state index in [4.69, 9.17) is 0 Å². The van der Waals surface area contributed by atoms with Crippen LogP contribution in [0, 0.1) is 12.8 Å². The molecule has 2 saturated carbocycles. The molecule has 0 bridgehead atoms. The van der Waals surface area contributed by atoms with Crippen LogP contribution in [0.4, 0.5) is 0 Å². The fourth-order valence-corrected chi connectivity index (χ4v) is 4.32. The summed E-state index contributed by atoms with van der Waals surface area (Å²) in [5.74, 6) is 2.21. The summed E-state index contributed by atoms with van der Waals surface area (Å²) in [5.41, 5.74) is 2.63. The molecule has 1 heterocycles. The minimum Gasteiger partial charge on any atom is -0.310 e. The molecular weight excluding hydrogens is 254 g/mol. The molecule has 0 spiro atoms. The summed E-state index contributed by atoms with van der Waals surface area (Å²) in [6, 6.07) is 0.771. The van der Waals surface area contributed by atoms with Crippen LogP contribution in [0.15, 0.2) is 5.03 Å². The van der Waals surface area contributed by atoms with Gasteiger partial charge in [-0.25, -0.2) is 0 Å². The van der Waals surface area contributed by atoms with Gasteiger partial charge in [0.2, 0.25) is 0 Å². The Morgan fingerprint density at radius 2 is 2.00 bits per heavy atom. The highest BCUT2D eigenvalue weighted by atomic mass is 32.2. The maximum Gasteiger partial charge on any atom is 0.0984 e. The summed E-state index contributed by atoms with van der Waals surface area (Å²) in [5, 5.41) is 9.63. The van der Waals surface area contributed by atoms with Gasteiger partial charge in [-0.2, -0.15) is 5.10 Å². The predicted octanol–water partition coefficient (Wildman–Crippen LogP) is 3.26. The van der Waals surface area contributed by atoms with E-state index in [0.717, 1.165) is 18.5 Å². The number of rotatable bonds is 6. The van der Waals surface area contributed by atoms with Crippen LogP contribution >= 0.6 is 11.8 Å². The normalized spacial score (nSPS) is 20.3. The number of nitrogens with one attached hydrogen (secondary N) is 1. The van der Waals surface area contributed by atoms with Gasteiger partial charge in [0.05, 0.1) is 10.7 Å². The Labute approximate surface area is 120 Å². The fraction of sp³-hybridized carbons (Fsp3) is 0.800. The summed E-state index contributed by atoms with van der Waals surface area (Å²) in [6.07, 6.45) is 8.43. The molecule has 0 unspecified atom stereocenters. The van der Waals surface area contributed by atoms with Crippen molar-refractivity contribution in [3.05, 3.63) is 11.3 Å². The summed E-state index contributed by atoms with van der Waals surface area (Å²) < 4.78 is 2.08. The molecule has 2 aliphatic carbocycles. The van der Waals surface area contributed by atoms with Gasteiger partial charge >= 0.3 is 0 Å². The van der Waals surface area contributed by atoms with Crippen molar-refractivity contribution in [1.29, 1.82) is 0 Å². The monoisotopic (exact) mass is 279 g/mol. The van der Waals surface area contributed by atoms with Crippen molar-refractivity contribution in [2.75, 3.05) is 5.75 Å². The van der Waals surface area contributed by atoms with Crippen molar-refractivity contribution in [2.24, 2.45) is 13.0 Å². The number of thioether (sulfide) groups is 1. The van der Waals surface area contributed by atoms with Gasteiger partial charge in [-0.3, -0.25) is 4.68 Å². The number of hydrogen-bond donors (Lipinski definition) is 1. The molecule has 2 aliphatic rings. The van der Waals surface area contributed by atoms with Crippen molar-refractivity contribution in [3.8, 4) is 0 Å². The fourth-order valence-electron chi connectivity index (χ4n) is 2.97. The van der Waals surface area contributed by atoms with Crippen LogP contribution in [0.2, 0.25) is 0 Å². The molecule has 19 heavy (non-hydrogen) atoms. The third-order valence-electron chi connectivity index (χ3n) is 4.36. The molecule has 1 aromatic rings. The second kappa shape index (κ2) is 5.88. The number of aromatic nitrogens is 2. The second-order valence-corrected chi connectivity index (χ2v) is 7.12. The van der Waals surface area contributed by atoms with Crippen LogP contribution < -0.4 is 5.32 Å². The van der Waals surface area contributed by atoms with Crippen LogP contribution in [0.25, 0.3) is 0 Å². The van der Waals surface area contributed by atoms with E-state index >= 15 is 0 Å². The first-order valence-corrected chi connectivity index (χ1v) is 8.61. The van der Waals surface area contributed by atoms with Crippen molar-refractivity contribution in [3.63, 3.8) is 0 Å². The Kier molecular flexibility index (Phi) is 4.18. The van der Waals surface area contributed by atoms with E-state index in [1.807, 2.05) is 11.8 Å². The molecule has 2 fully saturated rings. The zero-order chi connectivity index (χ0) is 13.2. The maximum absolute atomic E-state index is 4.61. The van der Waals surface area contributed by atoms with Gasteiger partial charge in [-0.1, -0.05) is 12.8 Å². The van der Waals surface area contributed by atoms with Crippen molar-refractivity contribution < 1.29 is 0 Å². The Hall–Kier alpha value is -0.480. The minimum atomic E-state index is 0.771. The number of nitrogens with zero attached hydrogens (tertiary/aromatic N) is 2. The molecule has 106 valence electrons. The van der Waals surface area contributed by atoms with Gasteiger partial charge in [0.1, 0.15) is 0 Å². The molecule has 0 aromatic carbocycles. The third kappa shape index (κ3) is 3.34. The van der Waals surface area contributed by atoms with Gasteiger partial charge in [0.25, 0.3) is 0 Å². The number of hydrogen-bond acceptors (Lipinski definition) is 3. The van der Waals surface area contributed by atoms with Gasteiger partial charge < -0.3 is 5.32 Å². The summed E-state index contributed by atoms with van der Waals surface area (Å²) in [7, 11) is 2.09. The van der Waals surface area contributed by atoms with Gasteiger partial charge in [-0.05, 0) is 38.5 Å². The first-order valence-electron chi connectivity index (χ1n) is 7.62. The summed E-state index contributed by atoms with van der Waals surface area (Å²) in [6.45, 7) is 3.14. The lowest BCUT2D eigenvalue weighted by atomic mass is 10.1. The number of aryl methyl sites for hydroxylation is 2. The van der Waals surface area contributed by atoms with Crippen molar-refractivity contribution >= 4 is 11.8 Å². The Balaban J connectivity index is 1.63. The molecule has 3 nitrogen and oxygen atoms in total. The maximum atomic E-state index is 4.61. The lowest BCUT2D eigenvalue weighted by Gasteiger charge is -2.11. The van der Waals surface area contributed by atoms with Crippen molar-refractivity contribution in [1.82, 2.24) is 15.1 Å². The molecule has 0 amide bonds. The molecule has 1 aromatic heterocycles. The molecule has 0 atom stereocenters. The average Bonchev–Trinajstić information content (AvgIpc) is 2.98. The van der Waals surface area contributed by atoms with E-state index in [1.165, 1.54) is 60.6 Å². The lowest BCUT2D eigenvalue weighted by molar-refractivity contribution is 0.618. The molecule has 0 radical (unpaired) electrons. The largest absolute Gasteiger partial charge is 0.310 e. The highest BCUT2D eigenvalue weighted by molar-refractivity contribution is 7.99. The molecular formula is C15H25N3S. The average molecular weight is 279 g/mol. The molecule has 0 aliphatic heterocycles.